The molecule has 2 aromatic carbocycles. The summed E-state index contributed by atoms with van der Waals surface area (Å²) < 4.78 is 52.1. The second kappa shape index (κ2) is 8.23. The van der Waals surface area contributed by atoms with Gasteiger partial charge in [-0.05, 0) is 43.2 Å². The van der Waals surface area contributed by atoms with Crippen LogP contribution in [0.4, 0.5) is 10.1 Å². The molecule has 9 heteroatoms. The number of para-hydroxylation sites is 2. The van der Waals surface area contributed by atoms with Crippen molar-refractivity contribution in [2.45, 2.75) is 17.7 Å². The number of anilines is 1. The summed E-state index contributed by atoms with van der Waals surface area (Å²) in [5, 5.41) is 0. The first-order valence-corrected chi connectivity index (χ1v) is 11.2. The smallest absolute Gasteiger partial charge is 0.246 e. The maximum absolute atomic E-state index is 13.8. The Bertz CT molecular complexity index is 1060. The third-order valence-electron chi connectivity index (χ3n) is 5.47. The summed E-state index contributed by atoms with van der Waals surface area (Å²) in [5.41, 5.74) is 0.695. The van der Waals surface area contributed by atoms with Gasteiger partial charge in [-0.1, -0.05) is 12.1 Å². The first-order chi connectivity index (χ1) is 14.4. The van der Waals surface area contributed by atoms with Crippen molar-refractivity contribution in [1.29, 1.82) is 0 Å². The number of fused-ring (bicyclic) bond motifs is 1. The molecule has 2 aliphatic heterocycles. The Labute approximate surface area is 175 Å². The molecule has 0 aromatic heterocycles. The minimum Gasteiger partial charge on any atom is -0.495 e. The fourth-order valence-electron chi connectivity index (χ4n) is 3.97. The number of sulfonamides is 1. The molecule has 2 heterocycles. The minimum absolute atomic E-state index is 0.0420. The summed E-state index contributed by atoms with van der Waals surface area (Å²) >= 11 is 0. The number of halogens is 1. The highest BCUT2D eigenvalue weighted by molar-refractivity contribution is 7.89. The zero-order valence-corrected chi connectivity index (χ0v) is 17.4. The summed E-state index contributed by atoms with van der Waals surface area (Å²) in [4.78, 5) is 14.7. The van der Waals surface area contributed by atoms with Crippen LogP contribution >= 0.6 is 0 Å². The summed E-state index contributed by atoms with van der Waals surface area (Å²) in [6.07, 6.45) is 1.13. The number of carbonyl (C=O) groups is 1. The van der Waals surface area contributed by atoms with Crippen molar-refractivity contribution in [1.82, 2.24) is 4.31 Å². The molecular formula is C21H23FN2O5S. The van der Waals surface area contributed by atoms with Crippen LogP contribution in [0.1, 0.15) is 12.8 Å². The number of rotatable bonds is 4. The molecule has 0 saturated carbocycles. The fourth-order valence-corrected chi connectivity index (χ4v) is 5.66. The van der Waals surface area contributed by atoms with Crippen LogP contribution in [0.25, 0.3) is 0 Å². The lowest BCUT2D eigenvalue weighted by atomic mass is 9.97. The fraction of sp³-hybridized carbons (Fsp3) is 0.381. The molecule has 0 aliphatic carbocycles. The van der Waals surface area contributed by atoms with Gasteiger partial charge in [0, 0.05) is 13.1 Å². The molecule has 0 spiro atoms. The Balaban J connectivity index is 1.58. The van der Waals surface area contributed by atoms with Crippen LogP contribution in [0.2, 0.25) is 0 Å². The normalized spacial score (nSPS) is 19.7. The maximum Gasteiger partial charge on any atom is 0.246 e. The van der Waals surface area contributed by atoms with Gasteiger partial charge in [-0.2, -0.15) is 4.31 Å². The number of hydrogen-bond donors (Lipinski definition) is 0. The van der Waals surface area contributed by atoms with E-state index in [1.807, 2.05) is 24.3 Å². The molecule has 4 rings (SSSR count). The maximum atomic E-state index is 13.8. The number of carbonyl (C=O) groups excluding carboxylic acids is 1. The first kappa shape index (κ1) is 20.6. The minimum atomic E-state index is -4.01. The zero-order valence-electron chi connectivity index (χ0n) is 16.6. The lowest BCUT2D eigenvalue weighted by molar-refractivity contribution is -0.123. The molecule has 7 nitrogen and oxygen atoms in total. The molecule has 1 fully saturated rings. The molecule has 30 heavy (non-hydrogen) atoms. The van der Waals surface area contributed by atoms with Crippen LogP contribution in [-0.2, 0) is 14.8 Å². The molecule has 1 atom stereocenters. The summed E-state index contributed by atoms with van der Waals surface area (Å²) in [6, 6.07) is 10.7. The number of methoxy groups -OCH3 is 1. The second-order valence-electron chi connectivity index (χ2n) is 7.30. The SMILES string of the molecule is COc1ccc(F)cc1S(=O)(=O)N1CCC[C@@H](C(=O)N2CCOc3ccccc32)C1. The number of hydrogen-bond acceptors (Lipinski definition) is 5. The lowest BCUT2D eigenvalue weighted by Gasteiger charge is -2.36. The third kappa shape index (κ3) is 3.75. The predicted molar refractivity (Wildman–Crippen MR) is 109 cm³/mol. The van der Waals surface area contributed by atoms with E-state index in [4.69, 9.17) is 9.47 Å². The summed E-state index contributed by atoms with van der Waals surface area (Å²) in [6.45, 7) is 1.11. The molecule has 1 amide bonds. The number of piperidine rings is 1. The van der Waals surface area contributed by atoms with Gasteiger partial charge in [0.1, 0.15) is 28.8 Å². The summed E-state index contributed by atoms with van der Waals surface area (Å²) in [5.74, 6) is -0.561. The number of ether oxygens (including phenoxy) is 2. The summed E-state index contributed by atoms with van der Waals surface area (Å²) in [7, 11) is -2.67. The van der Waals surface area contributed by atoms with E-state index in [1.165, 1.54) is 17.5 Å². The Morgan fingerprint density at radius 3 is 2.80 bits per heavy atom. The van der Waals surface area contributed by atoms with Gasteiger partial charge in [-0.15, -0.1) is 0 Å². The quantitative estimate of drug-likeness (QED) is 0.740. The van der Waals surface area contributed by atoms with Gasteiger partial charge in [-0.25, -0.2) is 12.8 Å². The lowest BCUT2D eigenvalue weighted by Crippen LogP contribution is -2.48. The van der Waals surface area contributed by atoms with E-state index in [9.17, 15) is 17.6 Å². The third-order valence-corrected chi connectivity index (χ3v) is 7.36. The van der Waals surface area contributed by atoms with Crippen LogP contribution in [0.5, 0.6) is 11.5 Å². The van der Waals surface area contributed by atoms with Crippen molar-refractivity contribution < 1.29 is 27.1 Å². The molecule has 0 N–H and O–H groups in total. The van der Waals surface area contributed by atoms with Crippen molar-refractivity contribution in [2.75, 3.05) is 38.3 Å². The van der Waals surface area contributed by atoms with E-state index in [0.717, 1.165) is 12.1 Å². The van der Waals surface area contributed by atoms with Crippen molar-refractivity contribution in [2.24, 2.45) is 5.92 Å². The molecule has 0 unspecified atom stereocenters. The van der Waals surface area contributed by atoms with E-state index in [2.05, 4.69) is 0 Å². The Morgan fingerprint density at radius 1 is 1.20 bits per heavy atom. The van der Waals surface area contributed by atoms with Crippen molar-refractivity contribution in [3.63, 3.8) is 0 Å². The van der Waals surface area contributed by atoms with Gasteiger partial charge in [-0.3, -0.25) is 4.79 Å². The van der Waals surface area contributed by atoms with Crippen molar-refractivity contribution >= 4 is 21.6 Å². The molecule has 2 aromatic rings. The van der Waals surface area contributed by atoms with Gasteiger partial charge < -0.3 is 14.4 Å². The van der Waals surface area contributed by atoms with Crippen LogP contribution in [0.15, 0.2) is 47.4 Å². The highest BCUT2D eigenvalue weighted by atomic mass is 32.2. The Morgan fingerprint density at radius 2 is 2.00 bits per heavy atom. The monoisotopic (exact) mass is 434 g/mol. The molecule has 160 valence electrons. The van der Waals surface area contributed by atoms with Crippen LogP contribution < -0.4 is 14.4 Å². The van der Waals surface area contributed by atoms with Crippen LogP contribution in [0, 0.1) is 11.7 Å². The standard InChI is InChI=1S/C21H23FN2O5S/c1-28-19-9-8-16(22)13-20(19)30(26,27)23-10-4-5-15(14-23)21(25)24-11-12-29-18-7-3-2-6-17(18)24/h2-3,6-9,13,15H,4-5,10-12,14H2,1H3/t15-/m1/s1. The largest absolute Gasteiger partial charge is 0.495 e. The highest BCUT2D eigenvalue weighted by Gasteiger charge is 2.37. The Hall–Kier alpha value is -2.65. The molecule has 0 bridgehead atoms. The van der Waals surface area contributed by atoms with Crippen molar-refractivity contribution in [3.05, 3.63) is 48.3 Å². The van der Waals surface area contributed by atoms with Gasteiger partial charge in [0.25, 0.3) is 0 Å². The highest BCUT2D eigenvalue weighted by Crippen LogP contribution is 2.35. The molecule has 1 saturated heterocycles. The number of benzene rings is 2. The molecule has 0 radical (unpaired) electrons. The average molecular weight is 434 g/mol. The van der Waals surface area contributed by atoms with Gasteiger partial charge >= 0.3 is 0 Å². The second-order valence-corrected chi connectivity index (χ2v) is 9.21. The van der Waals surface area contributed by atoms with Crippen molar-refractivity contribution in [3.8, 4) is 11.5 Å². The van der Waals surface area contributed by atoms with Gasteiger partial charge in [0.2, 0.25) is 15.9 Å². The molecule has 2 aliphatic rings. The van der Waals surface area contributed by atoms with E-state index in [0.29, 0.717) is 37.4 Å². The van der Waals surface area contributed by atoms with Crippen LogP contribution in [0.3, 0.4) is 0 Å². The van der Waals surface area contributed by atoms with Gasteiger partial charge in [0.05, 0.1) is 25.3 Å². The zero-order chi connectivity index (χ0) is 21.3. The predicted octanol–water partition coefficient (Wildman–Crippen LogP) is 2.66. The molecular weight excluding hydrogens is 411 g/mol. The average Bonchev–Trinajstić information content (AvgIpc) is 2.78. The van der Waals surface area contributed by atoms with E-state index < -0.39 is 21.8 Å². The topological polar surface area (TPSA) is 76.2 Å². The Kier molecular flexibility index (Phi) is 5.66. The van der Waals surface area contributed by atoms with Crippen LogP contribution in [-0.4, -0.2) is 52.0 Å². The van der Waals surface area contributed by atoms with E-state index in [1.54, 1.807) is 4.90 Å². The number of amides is 1. The first-order valence-electron chi connectivity index (χ1n) is 9.78. The van der Waals surface area contributed by atoms with Gasteiger partial charge in [0.15, 0.2) is 0 Å². The van der Waals surface area contributed by atoms with E-state index in [-0.39, 0.29) is 29.6 Å². The van der Waals surface area contributed by atoms with E-state index >= 15 is 0 Å². The number of nitrogens with zero attached hydrogens (tertiary/aromatic N) is 2.